The van der Waals surface area contributed by atoms with Crippen LogP contribution < -0.4 is 0 Å². The van der Waals surface area contributed by atoms with E-state index in [1.807, 2.05) is 30.3 Å². The Bertz CT molecular complexity index is 4140. The molecule has 0 aliphatic rings. The molecule has 0 saturated carbocycles. The van der Waals surface area contributed by atoms with E-state index in [2.05, 4.69) is 190 Å². The molecular weight excluding hydrogens is 785 g/mol. The second kappa shape index (κ2) is 13.3. The standard InChI is InChI=1S/C57H34N6O/c1-3-15-35(16-4-1)55-58-56(60-57(59-55)63-49-25-13-7-19-39(49)40-20-8-14-26-50(40)63)36-27-29-43-44-30-28-38(34-52(44)64-51(43)33-36)62-48-24-12-10-22-42(48)46-32-31-45-41-21-9-11-23-47(41)61(53(45)54(46)62)37-17-5-2-6-18-37/h1-34H. The van der Waals surface area contributed by atoms with Crippen molar-refractivity contribution in [3.05, 3.63) is 206 Å². The Balaban J connectivity index is 0.971. The van der Waals surface area contributed by atoms with E-state index in [0.29, 0.717) is 17.6 Å². The maximum atomic E-state index is 6.84. The van der Waals surface area contributed by atoms with Gasteiger partial charge in [0.25, 0.3) is 0 Å². The molecular formula is C57H34N6O. The van der Waals surface area contributed by atoms with E-state index in [1.54, 1.807) is 0 Å². The van der Waals surface area contributed by atoms with Crippen LogP contribution in [0.1, 0.15) is 0 Å². The number of furan rings is 1. The molecule has 0 atom stereocenters. The summed E-state index contributed by atoms with van der Waals surface area (Å²) in [6, 6.07) is 72.5. The molecule has 5 aromatic heterocycles. The molecule has 0 unspecified atom stereocenters. The number of rotatable bonds is 5. The number of fused-ring (bicyclic) bond motifs is 13. The summed E-state index contributed by atoms with van der Waals surface area (Å²) in [4.78, 5) is 15.4. The van der Waals surface area contributed by atoms with Crippen molar-refractivity contribution >= 4 is 87.4 Å². The SMILES string of the molecule is c1ccc(-c2nc(-c3ccc4c(c3)oc3cc(-n5c6ccccc6c6ccc7c8ccccc8n(-c8ccccc8)c7c65)ccc34)nc(-n3c4ccccc4c4ccccc43)n2)cc1. The minimum atomic E-state index is 0.558. The Morgan fingerprint density at radius 1 is 0.297 bits per heavy atom. The van der Waals surface area contributed by atoms with Gasteiger partial charge in [0.2, 0.25) is 5.95 Å². The van der Waals surface area contributed by atoms with Crippen LogP contribution in [0.25, 0.3) is 127 Å². The summed E-state index contributed by atoms with van der Waals surface area (Å²) in [5, 5.41) is 9.20. The number of aromatic nitrogens is 6. The van der Waals surface area contributed by atoms with E-state index >= 15 is 0 Å². The number of nitrogens with zero attached hydrogens (tertiary/aromatic N) is 6. The first-order chi connectivity index (χ1) is 31.7. The van der Waals surface area contributed by atoms with Gasteiger partial charge in [-0.15, -0.1) is 0 Å². The van der Waals surface area contributed by atoms with Crippen molar-refractivity contribution in [2.45, 2.75) is 0 Å². The number of hydrogen-bond acceptors (Lipinski definition) is 4. The normalized spacial score (nSPS) is 12.1. The van der Waals surface area contributed by atoms with E-state index in [1.165, 1.54) is 32.6 Å². The predicted molar refractivity (Wildman–Crippen MR) is 261 cm³/mol. The van der Waals surface area contributed by atoms with Crippen molar-refractivity contribution in [3.8, 4) is 40.1 Å². The molecule has 7 heteroatoms. The molecule has 0 fully saturated rings. The van der Waals surface area contributed by atoms with E-state index in [-0.39, 0.29) is 0 Å². The van der Waals surface area contributed by atoms with E-state index in [0.717, 1.165) is 77.3 Å². The van der Waals surface area contributed by atoms with Crippen LogP contribution >= 0.6 is 0 Å². The molecule has 0 spiro atoms. The van der Waals surface area contributed by atoms with E-state index < -0.39 is 0 Å². The Hall–Kier alpha value is -8.81. The molecule has 0 aliphatic heterocycles. The average Bonchev–Trinajstić information content (AvgIpc) is 4.10. The summed E-state index contributed by atoms with van der Waals surface area (Å²) in [7, 11) is 0. The first kappa shape index (κ1) is 34.9. The van der Waals surface area contributed by atoms with E-state index in [9.17, 15) is 0 Å². The lowest BCUT2D eigenvalue weighted by Gasteiger charge is -2.12. The fourth-order valence-corrected chi connectivity index (χ4v) is 10.1. The molecule has 9 aromatic carbocycles. The molecule has 0 saturated heterocycles. The van der Waals surface area contributed by atoms with E-state index in [4.69, 9.17) is 19.4 Å². The third-order valence-corrected chi connectivity index (χ3v) is 12.9. The highest BCUT2D eigenvalue weighted by molar-refractivity contribution is 6.24. The number of hydrogen-bond donors (Lipinski definition) is 0. The van der Waals surface area contributed by atoms with Gasteiger partial charge >= 0.3 is 0 Å². The van der Waals surface area contributed by atoms with Gasteiger partial charge in [0, 0.05) is 66.0 Å². The maximum absolute atomic E-state index is 6.84. The fourth-order valence-electron chi connectivity index (χ4n) is 10.1. The van der Waals surface area contributed by atoms with Crippen LogP contribution in [0.4, 0.5) is 0 Å². The molecule has 14 aromatic rings. The lowest BCUT2D eigenvalue weighted by atomic mass is 10.1. The van der Waals surface area contributed by atoms with Crippen LogP contribution in [-0.4, -0.2) is 28.7 Å². The second-order valence-corrected chi connectivity index (χ2v) is 16.4. The first-order valence-electron chi connectivity index (χ1n) is 21.5. The lowest BCUT2D eigenvalue weighted by molar-refractivity contribution is 0.668. The monoisotopic (exact) mass is 818 g/mol. The van der Waals surface area contributed by atoms with Gasteiger partial charge in [-0.3, -0.25) is 4.57 Å². The zero-order valence-electron chi connectivity index (χ0n) is 34.2. The van der Waals surface area contributed by atoms with Gasteiger partial charge in [0.05, 0.1) is 38.8 Å². The van der Waals surface area contributed by atoms with Gasteiger partial charge in [-0.1, -0.05) is 140 Å². The Kier molecular flexibility index (Phi) is 7.27. The number of para-hydroxylation sites is 5. The summed E-state index contributed by atoms with van der Waals surface area (Å²) in [6.07, 6.45) is 0. The maximum Gasteiger partial charge on any atom is 0.238 e. The molecule has 14 rings (SSSR count). The first-order valence-corrected chi connectivity index (χ1v) is 21.5. The van der Waals surface area contributed by atoms with Gasteiger partial charge in [0.15, 0.2) is 11.6 Å². The third kappa shape index (κ3) is 5.00. The predicted octanol–water partition coefficient (Wildman–Crippen LogP) is 14.4. The fraction of sp³-hybridized carbons (Fsp3) is 0. The van der Waals surface area contributed by atoms with Crippen molar-refractivity contribution < 1.29 is 4.42 Å². The van der Waals surface area contributed by atoms with Gasteiger partial charge in [0.1, 0.15) is 11.2 Å². The lowest BCUT2D eigenvalue weighted by Crippen LogP contribution is -2.06. The third-order valence-electron chi connectivity index (χ3n) is 12.9. The van der Waals surface area contributed by atoms with Gasteiger partial charge in [-0.05, 0) is 60.7 Å². The van der Waals surface area contributed by atoms with Crippen LogP contribution in [0.3, 0.4) is 0 Å². The zero-order chi connectivity index (χ0) is 41.9. The van der Waals surface area contributed by atoms with Gasteiger partial charge in [-0.2, -0.15) is 9.97 Å². The molecule has 0 radical (unpaired) electrons. The minimum Gasteiger partial charge on any atom is -0.456 e. The van der Waals surface area contributed by atoms with Crippen LogP contribution in [0, 0.1) is 0 Å². The number of benzene rings is 9. The highest BCUT2D eigenvalue weighted by Crippen LogP contribution is 2.43. The molecule has 0 bridgehead atoms. The van der Waals surface area contributed by atoms with Crippen molar-refractivity contribution in [2.75, 3.05) is 0 Å². The Morgan fingerprint density at radius 3 is 1.33 bits per heavy atom. The van der Waals surface area contributed by atoms with Gasteiger partial charge < -0.3 is 13.6 Å². The highest BCUT2D eigenvalue weighted by Gasteiger charge is 2.23. The molecule has 64 heavy (non-hydrogen) atoms. The molecule has 0 N–H and O–H groups in total. The molecule has 5 heterocycles. The molecule has 0 amide bonds. The molecule has 0 aliphatic carbocycles. The summed E-state index contributed by atoms with van der Waals surface area (Å²) in [6.45, 7) is 0. The average molecular weight is 819 g/mol. The highest BCUT2D eigenvalue weighted by atomic mass is 16.3. The van der Waals surface area contributed by atoms with Crippen molar-refractivity contribution in [1.29, 1.82) is 0 Å². The second-order valence-electron chi connectivity index (χ2n) is 16.4. The largest absolute Gasteiger partial charge is 0.456 e. The van der Waals surface area contributed by atoms with Crippen LogP contribution in [0.2, 0.25) is 0 Å². The topological polar surface area (TPSA) is 66.6 Å². The summed E-state index contributed by atoms with van der Waals surface area (Å²) in [5.41, 5.74) is 12.2. The van der Waals surface area contributed by atoms with Crippen molar-refractivity contribution in [2.24, 2.45) is 0 Å². The summed E-state index contributed by atoms with van der Waals surface area (Å²) < 4.78 is 13.8. The van der Waals surface area contributed by atoms with Crippen LogP contribution in [-0.2, 0) is 0 Å². The van der Waals surface area contributed by atoms with Crippen molar-refractivity contribution in [3.63, 3.8) is 0 Å². The van der Waals surface area contributed by atoms with Gasteiger partial charge in [-0.25, -0.2) is 4.98 Å². The zero-order valence-corrected chi connectivity index (χ0v) is 34.2. The summed E-state index contributed by atoms with van der Waals surface area (Å²) in [5.74, 6) is 1.72. The summed E-state index contributed by atoms with van der Waals surface area (Å²) >= 11 is 0. The van der Waals surface area contributed by atoms with Crippen LogP contribution in [0.5, 0.6) is 0 Å². The van der Waals surface area contributed by atoms with Crippen molar-refractivity contribution in [1.82, 2.24) is 28.7 Å². The Morgan fingerprint density at radius 2 is 0.734 bits per heavy atom. The molecule has 298 valence electrons. The smallest absolute Gasteiger partial charge is 0.238 e. The molecule has 7 nitrogen and oxygen atoms in total. The van der Waals surface area contributed by atoms with Crippen LogP contribution in [0.15, 0.2) is 211 Å². The Labute approximate surface area is 365 Å². The minimum absolute atomic E-state index is 0.558. The quantitative estimate of drug-likeness (QED) is 0.173.